The minimum atomic E-state index is 0.0994. The Morgan fingerprint density at radius 2 is 1.48 bits per heavy atom. The molecule has 1 aromatic carbocycles. The van der Waals surface area contributed by atoms with Crippen LogP contribution in [0.4, 0.5) is 0 Å². The number of carbonyl (C=O) groups excluding carboxylic acids is 2. The molecule has 0 bridgehead atoms. The van der Waals surface area contributed by atoms with Gasteiger partial charge in [-0.15, -0.1) is 0 Å². The highest BCUT2D eigenvalue weighted by Gasteiger charge is 2.25. The fourth-order valence-corrected chi connectivity index (χ4v) is 4.72. The predicted octanol–water partition coefficient (Wildman–Crippen LogP) is 1.68. The monoisotopic (exact) mass is 428 g/mol. The number of piperazine rings is 1. The lowest BCUT2D eigenvalue weighted by Crippen LogP contribution is -2.51. The SMILES string of the molecule is O=C(CN1CCN(C(=O)c2cccc(CN3CCOCC3)c2)CC1)N1CCCCCC1. The van der Waals surface area contributed by atoms with Gasteiger partial charge >= 0.3 is 0 Å². The van der Waals surface area contributed by atoms with Crippen molar-refractivity contribution < 1.29 is 14.3 Å². The molecule has 0 aromatic heterocycles. The number of rotatable bonds is 5. The molecule has 0 aliphatic carbocycles. The Balaban J connectivity index is 1.26. The molecule has 0 saturated carbocycles. The lowest BCUT2D eigenvalue weighted by atomic mass is 10.1. The van der Waals surface area contributed by atoms with Crippen LogP contribution in [0.3, 0.4) is 0 Å². The zero-order valence-electron chi connectivity index (χ0n) is 18.6. The number of benzene rings is 1. The number of hydrogen-bond donors (Lipinski definition) is 0. The van der Waals surface area contributed by atoms with Crippen molar-refractivity contribution in [3.8, 4) is 0 Å². The lowest BCUT2D eigenvalue weighted by Gasteiger charge is -2.35. The van der Waals surface area contributed by atoms with Crippen LogP contribution < -0.4 is 0 Å². The number of ether oxygens (including phenoxy) is 1. The maximum Gasteiger partial charge on any atom is 0.253 e. The van der Waals surface area contributed by atoms with Crippen molar-refractivity contribution in [1.29, 1.82) is 0 Å². The highest BCUT2D eigenvalue weighted by Crippen LogP contribution is 2.14. The maximum atomic E-state index is 13.1. The largest absolute Gasteiger partial charge is 0.379 e. The van der Waals surface area contributed by atoms with E-state index in [4.69, 9.17) is 4.74 Å². The third-order valence-electron chi connectivity index (χ3n) is 6.66. The highest BCUT2D eigenvalue weighted by molar-refractivity contribution is 5.94. The van der Waals surface area contributed by atoms with Crippen LogP contribution in [-0.4, -0.2) is 104 Å². The molecular formula is C24H36N4O3. The normalized spacial score (nSPS) is 21.7. The summed E-state index contributed by atoms with van der Waals surface area (Å²) in [7, 11) is 0. The summed E-state index contributed by atoms with van der Waals surface area (Å²) >= 11 is 0. The predicted molar refractivity (Wildman–Crippen MR) is 120 cm³/mol. The molecule has 1 aromatic rings. The van der Waals surface area contributed by atoms with Crippen molar-refractivity contribution in [3.63, 3.8) is 0 Å². The van der Waals surface area contributed by atoms with Gasteiger partial charge in [-0.2, -0.15) is 0 Å². The molecule has 0 N–H and O–H groups in total. The Morgan fingerprint density at radius 3 is 2.19 bits per heavy atom. The number of likely N-dealkylation sites (tertiary alicyclic amines) is 1. The summed E-state index contributed by atoms with van der Waals surface area (Å²) in [5, 5.41) is 0. The van der Waals surface area contributed by atoms with Gasteiger partial charge in [-0.1, -0.05) is 25.0 Å². The van der Waals surface area contributed by atoms with E-state index in [0.29, 0.717) is 19.6 Å². The fraction of sp³-hybridized carbons (Fsp3) is 0.667. The van der Waals surface area contributed by atoms with Crippen molar-refractivity contribution in [2.45, 2.75) is 32.2 Å². The molecule has 0 spiro atoms. The number of hydrogen-bond acceptors (Lipinski definition) is 5. The molecule has 4 rings (SSSR count). The van der Waals surface area contributed by atoms with Gasteiger partial charge in [0.2, 0.25) is 5.91 Å². The molecule has 3 heterocycles. The van der Waals surface area contributed by atoms with Gasteiger partial charge in [-0.05, 0) is 30.5 Å². The van der Waals surface area contributed by atoms with Crippen LogP contribution in [0.2, 0.25) is 0 Å². The molecule has 3 aliphatic heterocycles. The summed E-state index contributed by atoms with van der Waals surface area (Å²) in [6.07, 6.45) is 4.72. The second-order valence-electron chi connectivity index (χ2n) is 8.95. The third-order valence-corrected chi connectivity index (χ3v) is 6.66. The molecular weight excluding hydrogens is 392 g/mol. The summed E-state index contributed by atoms with van der Waals surface area (Å²) in [4.78, 5) is 34.2. The number of amides is 2. The molecule has 0 atom stereocenters. The van der Waals surface area contributed by atoms with E-state index in [0.717, 1.165) is 77.4 Å². The highest BCUT2D eigenvalue weighted by atomic mass is 16.5. The maximum absolute atomic E-state index is 13.1. The molecule has 7 heteroatoms. The first kappa shape index (κ1) is 22.2. The second kappa shape index (κ2) is 11.1. The average Bonchev–Trinajstić information content (AvgIpc) is 3.10. The van der Waals surface area contributed by atoms with Crippen molar-refractivity contribution in [2.24, 2.45) is 0 Å². The topological polar surface area (TPSA) is 56.3 Å². The van der Waals surface area contributed by atoms with Crippen molar-refractivity contribution in [2.75, 3.05) is 72.1 Å². The van der Waals surface area contributed by atoms with Crippen LogP contribution in [0.25, 0.3) is 0 Å². The summed E-state index contributed by atoms with van der Waals surface area (Å²) < 4.78 is 5.42. The fourth-order valence-electron chi connectivity index (χ4n) is 4.72. The molecule has 31 heavy (non-hydrogen) atoms. The Kier molecular flexibility index (Phi) is 7.94. The average molecular weight is 429 g/mol. The first-order valence-electron chi connectivity index (χ1n) is 11.9. The summed E-state index contributed by atoms with van der Waals surface area (Å²) in [5.74, 6) is 0.347. The molecule has 0 unspecified atom stereocenters. The molecule has 0 radical (unpaired) electrons. The van der Waals surface area contributed by atoms with E-state index in [1.54, 1.807) is 0 Å². The minimum Gasteiger partial charge on any atom is -0.379 e. The smallest absolute Gasteiger partial charge is 0.253 e. The standard InChI is InChI=1S/C24H36N4O3/c29-23(27-8-3-1-2-4-9-27)20-25-10-12-28(13-11-25)24(30)22-7-5-6-21(18-22)19-26-14-16-31-17-15-26/h5-7,18H,1-4,8-17,19-20H2. The number of morpholine rings is 1. The summed E-state index contributed by atoms with van der Waals surface area (Å²) in [6, 6.07) is 8.03. The Labute approximate surface area is 185 Å². The molecule has 2 amide bonds. The zero-order chi connectivity index (χ0) is 21.5. The number of carbonyl (C=O) groups is 2. The first-order chi connectivity index (χ1) is 15.2. The van der Waals surface area contributed by atoms with Gasteiger partial charge in [0.15, 0.2) is 0 Å². The lowest BCUT2D eigenvalue weighted by molar-refractivity contribution is -0.132. The van der Waals surface area contributed by atoms with Crippen molar-refractivity contribution >= 4 is 11.8 Å². The molecule has 3 fully saturated rings. The summed E-state index contributed by atoms with van der Waals surface area (Å²) in [5.41, 5.74) is 1.94. The van der Waals surface area contributed by atoms with Gasteiger partial charge in [0, 0.05) is 64.5 Å². The molecule has 3 saturated heterocycles. The Hall–Kier alpha value is -1.96. The van der Waals surface area contributed by atoms with Crippen LogP contribution in [-0.2, 0) is 16.1 Å². The van der Waals surface area contributed by atoms with Crippen molar-refractivity contribution in [3.05, 3.63) is 35.4 Å². The van der Waals surface area contributed by atoms with E-state index < -0.39 is 0 Å². The number of nitrogens with zero attached hydrogens (tertiary/aromatic N) is 4. The van der Waals surface area contributed by atoms with Gasteiger partial charge in [0.1, 0.15) is 0 Å². The van der Waals surface area contributed by atoms with E-state index in [2.05, 4.69) is 15.9 Å². The minimum absolute atomic E-state index is 0.0994. The Morgan fingerprint density at radius 1 is 0.774 bits per heavy atom. The van der Waals surface area contributed by atoms with Crippen LogP contribution in [0, 0.1) is 0 Å². The van der Waals surface area contributed by atoms with Gasteiger partial charge in [0.05, 0.1) is 19.8 Å². The van der Waals surface area contributed by atoms with Crippen LogP contribution in [0.15, 0.2) is 24.3 Å². The zero-order valence-corrected chi connectivity index (χ0v) is 18.6. The van der Waals surface area contributed by atoms with E-state index in [1.165, 1.54) is 18.4 Å². The second-order valence-corrected chi connectivity index (χ2v) is 8.95. The van der Waals surface area contributed by atoms with Gasteiger partial charge in [-0.3, -0.25) is 19.4 Å². The molecule has 3 aliphatic rings. The molecule has 7 nitrogen and oxygen atoms in total. The van der Waals surface area contributed by atoms with Gasteiger partial charge in [-0.25, -0.2) is 0 Å². The quantitative estimate of drug-likeness (QED) is 0.714. The van der Waals surface area contributed by atoms with Crippen LogP contribution in [0.5, 0.6) is 0 Å². The van der Waals surface area contributed by atoms with E-state index in [9.17, 15) is 9.59 Å². The van der Waals surface area contributed by atoms with E-state index in [-0.39, 0.29) is 11.8 Å². The van der Waals surface area contributed by atoms with E-state index in [1.807, 2.05) is 28.0 Å². The Bertz CT molecular complexity index is 734. The van der Waals surface area contributed by atoms with Crippen molar-refractivity contribution in [1.82, 2.24) is 19.6 Å². The first-order valence-corrected chi connectivity index (χ1v) is 11.9. The van der Waals surface area contributed by atoms with Crippen LogP contribution >= 0.6 is 0 Å². The summed E-state index contributed by atoms with van der Waals surface area (Å²) in [6.45, 7) is 9.47. The molecule has 170 valence electrons. The van der Waals surface area contributed by atoms with Gasteiger partial charge < -0.3 is 14.5 Å². The van der Waals surface area contributed by atoms with Crippen LogP contribution in [0.1, 0.15) is 41.6 Å². The van der Waals surface area contributed by atoms with E-state index >= 15 is 0 Å². The van der Waals surface area contributed by atoms with Gasteiger partial charge in [0.25, 0.3) is 5.91 Å². The third kappa shape index (κ3) is 6.28.